The molecule has 1 N–H and O–H groups in total. The lowest BCUT2D eigenvalue weighted by atomic mass is 10.2. The van der Waals surface area contributed by atoms with E-state index in [0.717, 1.165) is 11.3 Å². The van der Waals surface area contributed by atoms with Crippen molar-refractivity contribution in [2.75, 3.05) is 19.5 Å². The van der Waals surface area contributed by atoms with E-state index < -0.39 is 0 Å². The quantitative estimate of drug-likeness (QED) is 0.935. The van der Waals surface area contributed by atoms with Crippen LogP contribution in [0.2, 0.25) is 0 Å². The number of urea groups is 1. The summed E-state index contributed by atoms with van der Waals surface area (Å²) in [6.07, 6.45) is 0. The average molecular weight is 288 g/mol. The van der Waals surface area contributed by atoms with Crippen LogP contribution in [0.5, 0.6) is 5.75 Å². The Kier molecular flexibility index (Phi) is 4.77. The fourth-order valence-electron chi connectivity index (χ4n) is 1.83. The second-order valence-electron chi connectivity index (χ2n) is 4.64. The lowest BCUT2D eigenvalue weighted by Gasteiger charge is -2.18. The molecule has 4 nitrogen and oxygen atoms in total. The van der Waals surface area contributed by atoms with Crippen LogP contribution in [0.1, 0.15) is 5.56 Å². The van der Waals surface area contributed by atoms with Crippen LogP contribution in [0.3, 0.4) is 0 Å². The summed E-state index contributed by atoms with van der Waals surface area (Å²) in [6.45, 7) is 0.405. The Balaban J connectivity index is 1.93. The van der Waals surface area contributed by atoms with E-state index in [9.17, 15) is 9.18 Å². The molecule has 0 aromatic heterocycles. The molecular formula is C16H17FN2O2. The Morgan fingerprint density at radius 1 is 1.14 bits per heavy atom. The van der Waals surface area contributed by atoms with E-state index in [2.05, 4.69) is 5.32 Å². The standard InChI is InChI=1S/C16H17FN2O2/c1-19(11-12-3-5-13(17)6-4-12)16(20)18-14-7-9-15(21-2)10-8-14/h3-10H,11H2,1-2H3,(H,18,20). The Labute approximate surface area is 123 Å². The number of nitrogens with one attached hydrogen (secondary N) is 1. The zero-order valence-electron chi connectivity index (χ0n) is 12.0. The van der Waals surface area contributed by atoms with Gasteiger partial charge in [-0.05, 0) is 42.0 Å². The van der Waals surface area contributed by atoms with Crippen molar-refractivity contribution >= 4 is 11.7 Å². The Morgan fingerprint density at radius 2 is 1.76 bits per heavy atom. The number of hydrogen-bond acceptors (Lipinski definition) is 2. The molecule has 0 spiro atoms. The largest absolute Gasteiger partial charge is 0.497 e. The SMILES string of the molecule is COc1ccc(NC(=O)N(C)Cc2ccc(F)cc2)cc1. The van der Waals surface area contributed by atoms with Gasteiger partial charge < -0.3 is 15.0 Å². The van der Waals surface area contributed by atoms with Gasteiger partial charge >= 0.3 is 6.03 Å². The fraction of sp³-hybridized carbons (Fsp3) is 0.188. The number of carbonyl (C=O) groups is 1. The van der Waals surface area contributed by atoms with Crippen molar-refractivity contribution in [3.63, 3.8) is 0 Å². The van der Waals surface area contributed by atoms with Crippen LogP contribution in [0.25, 0.3) is 0 Å². The van der Waals surface area contributed by atoms with Crippen molar-refractivity contribution < 1.29 is 13.9 Å². The molecule has 0 heterocycles. The van der Waals surface area contributed by atoms with Crippen LogP contribution in [-0.2, 0) is 6.54 Å². The van der Waals surface area contributed by atoms with Gasteiger partial charge in [0.25, 0.3) is 0 Å². The molecular weight excluding hydrogens is 271 g/mol. The summed E-state index contributed by atoms with van der Waals surface area (Å²) in [4.78, 5) is 13.6. The number of rotatable bonds is 4. The molecule has 0 atom stereocenters. The number of halogens is 1. The molecule has 110 valence electrons. The maximum absolute atomic E-state index is 12.8. The number of amides is 2. The normalized spacial score (nSPS) is 10.0. The van der Waals surface area contributed by atoms with Crippen LogP contribution in [-0.4, -0.2) is 25.1 Å². The van der Waals surface area contributed by atoms with E-state index >= 15 is 0 Å². The number of hydrogen-bond donors (Lipinski definition) is 1. The highest BCUT2D eigenvalue weighted by Crippen LogP contribution is 2.15. The molecule has 2 aromatic carbocycles. The van der Waals surface area contributed by atoms with Crippen LogP contribution in [0.15, 0.2) is 48.5 Å². The second kappa shape index (κ2) is 6.74. The summed E-state index contributed by atoms with van der Waals surface area (Å²) in [5.41, 5.74) is 1.55. The Morgan fingerprint density at radius 3 is 2.33 bits per heavy atom. The molecule has 2 aromatic rings. The summed E-state index contributed by atoms with van der Waals surface area (Å²) < 4.78 is 17.9. The van der Waals surface area contributed by atoms with Gasteiger partial charge in [0, 0.05) is 19.3 Å². The lowest BCUT2D eigenvalue weighted by molar-refractivity contribution is 0.220. The predicted molar refractivity (Wildman–Crippen MR) is 79.9 cm³/mol. The average Bonchev–Trinajstić information content (AvgIpc) is 2.50. The third-order valence-electron chi connectivity index (χ3n) is 3.02. The van der Waals surface area contributed by atoms with Gasteiger partial charge in [0.05, 0.1) is 7.11 Å². The zero-order valence-corrected chi connectivity index (χ0v) is 12.0. The van der Waals surface area contributed by atoms with E-state index in [1.54, 1.807) is 50.6 Å². The van der Waals surface area contributed by atoms with Crippen molar-refractivity contribution in [2.45, 2.75) is 6.54 Å². The summed E-state index contributed by atoms with van der Waals surface area (Å²) in [7, 11) is 3.27. The third kappa shape index (κ3) is 4.21. The molecule has 0 aliphatic rings. The molecule has 0 aliphatic heterocycles. The molecule has 21 heavy (non-hydrogen) atoms. The van der Waals surface area contributed by atoms with Gasteiger partial charge in [-0.1, -0.05) is 12.1 Å². The van der Waals surface area contributed by atoms with Crippen molar-refractivity contribution in [3.05, 3.63) is 59.9 Å². The minimum absolute atomic E-state index is 0.232. The smallest absolute Gasteiger partial charge is 0.321 e. The first-order valence-corrected chi connectivity index (χ1v) is 6.49. The highest BCUT2D eigenvalue weighted by atomic mass is 19.1. The van der Waals surface area contributed by atoms with Crippen molar-refractivity contribution in [1.82, 2.24) is 4.90 Å². The van der Waals surface area contributed by atoms with Gasteiger partial charge in [-0.25, -0.2) is 9.18 Å². The van der Waals surface area contributed by atoms with Crippen LogP contribution >= 0.6 is 0 Å². The first kappa shape index (κ1) is 14.8. The van der Waals surface area contributed by atoms with E-state index in [0.29, 0.717) is 12.2 Å². The lowest BCUT2D eigenvalue weighted by Crippen LogP contribution is -2.30. The molecule has 0 saturated heterocycles. The minimum Gasteiger partial charge on any atom is -0.497 e. The summed E-state index contributed by atoms with van der Waals surface area (Å²) in [6, 6.07) is 12.9. The monoisotopic (exact) mass is 288 g/mol. The van der Waals surface area contributed by atoms with Crippen molar-refractivity contribution in [1.29, 1.82) is 0 Å². The van der Waals surface area contributed by atoms with Crippen LogP contribution < -0.4 is 10.1 Å². The number of ether oxygens (including phenoxy) is 1. The molecule has 2 rings (SSSR count). The first-order chi connectivity index (χ1) is 10.1. The third-order valence-corrected chi connectivity index (χ3v) is 3.02. The number of benzene rings is 2. The highest BCUT2D eigenvalue weighted by Gasteiger charge is 2.09. The predicted octanol–water partition coefficient (Wildman–Crippen LogP) is 3.50. The first-order valence-electron chi connectivity index (χ1n) is 6.49. The molecule has 0 fully saturated rings. The summed E-state index contributed by atoms with van der Waals surface area (Å²) in [5.74, 6) is 0.441. The molecule has 0 radical (unpaired) electrons. The van der Waals surface area contributed by atoms with Gasteiger partial charge in [0.2, 0.25) is 0 Å². The fourth-order valence-corrected chi connectivity index (χ4v) is 1.83. The number of methoxy groups -OCH3 is 1. The zero-order chi connectivity index (χ0) is 15.2. The van der Waals surface area contributed by atoms with Crippen molar-refractivity contribution in [2.24, 2.45) is 0 Å². The van der Waals surface area contributed by atoms with E-state index in [1.807, 2.05) is 0 Å². The van der Waals surface area contributed by atoms with E-state index in [1.165, 1.54) is 17.0 Å². The molecule has 0 saturated carbocycles. The molecule has 0 unspecified atom stereocenters. The maximum atomic E-state index is 12.8. The van der Waals surface area contributed by atoms with Crippen molar-refractivity contribution in [3.8, 4) is 5.75 Å². The summed E-state index contributed by atoms with van der Waals surface area (Å²) >= 11 is 0. The topological polar surface area (TPSA) is 41.6 Å². The highest BCUT2D eigenvalue weighted by molar-refractivity contribution is 5.89. The Hall–Kier alpha value is -2.56. The van der Waals surface area contributed by atoms with Gasteiger partial charge in [0.1, 0.15) is 11.6 Å². The van der Waals surface area contributed by atoms with Gasteiger partial charge in [0.15, 0.2) is 0 Å². The second-order valence-corrected chi connectivity index (χ2v) is 4.64. The van der Waals surface area contributed by atoms with E-state index in [4.69, 9.17) is 4.74 Å². The molecule has 0 aliphatic carbocycles. The number of anilines is 1. The van der Waals surface area contributed by atoms with Gasteiger partial charge in [-0.2, -0.15) is 0 Å². The minimum atomic E-state index is -0.288. The summed E-state index contributed by atoms with van der Waals surface area (Å²) in [5, 5.41) is 2.78. The molecule has 5 heteroatoms. The van der Waals surface area contributed by atoms with E-state index in [-0.39, 0.29) is 11.8 Å². The van der Waals surface area contributed by atoms with Gasteiger partial charge in [-0.15, -0.1) is 0 Å². The number of nitrogens with zero attached hydrogens (tertiary/aromatic N) is 1. The van der Waals surface area contributed by atoms with Crippen LogP contribution in [0.4, 0.5) is 14.9 Å². The van der Waals surface area contributed by atoms with Crippen LogP contribution in [0, 0.1) is 5.82 Å². The molecule has 0 bridgehead atoms. The molecule has 2 amide bonds. The van der Waals surface area contributed by atoms with Gasteiger partial charge in [-0.3, -0.25) is 0 Å². The number of carbonyl (C=O) groups excluding carboxylic acids is 1. The Bertz CT molecular complexity index is 597. The maximum Gasteiger partial charge on any atom is 0.321 e.